The minimum atomic E-state index is -1.60. The van der Waals surface area contributed by atoms with Gasteiger partial charge in [0.05, 0.1) is 40.4 Å². The van der Waals surface area contributed by atoms with Crippen molar-refractivity contribution >= 4 is 36.4 Å². The van der Waals surface area contributed by atoms with Gasteiger partial charge in [0, 0.05) is 0 Å². The lowest BCUT2D eigenvalue weighted by atomic mass is 9.94. The number of hydrogen-bond acceptors (Lipinski definition) is 18. The third-order valence-corrected chi connectivity index (χ3v) is 6.56. The molecule has 18 heteroatoms. The number of rotatable bonds is 15. The first kappa shape index (κ1) is 43.7. The van der Waals surface area contributed by atoms with Gasteiger partial charge in [-0.25, -0.2) is 43.7 Å². The molecule has 0 aliphatic carbocycles. The molecule has 3 aromatic rings. The van der Waals surface area contributed by atoms with E-state index in [1.54, 1.807) is 0 Å². The minimum absolute atomic E-state index is 0.0216. The number of hydrogen-bond donors (Lipinski definition) is 0. The molecule has 0 saturated heterocycles. The topological polar surface area (TPSA) is 213 Å². The Balaban J connectivity index is 1.55. The summed E-state index contributed by atoms with van der Waals surface area (Å²) < 4.78 is 31.5. The molecule has 0 saturated carbocycles. The molecule has 0 fully saturated rings. The zero-order valence-corrected chi connectivity index (χ0v) is 31.6. The van der Waals surface area contributed by atoms with Crippen LogP contribution >= 0.6 is 0 Å². The fourth-order valence-corrected chi connectivity index (χ4v) is 4.08. The quantitative estimate of drug-likeness (QED) is 0.0648. The largest absolute Gasteiger partial charge is 0.549 e. The van der Waals surface area contributed by atoms with Crippen LogP contribution in [0.15, 0.2) is 72.8 Å². The molecule has 302 valence electrons. The molecule has 0 bridgehead atoms. The summed E-state index contributed by atoms with van der Waals surface area (Å²) in [6.45, 7) is 10.2. The summed E-state index contributed by atoms with van der Waals surface area (Å²) in [7, 11) is 0. The van der Waals surface area contributed by atoms with E-state index in [9.17, 15) is 28.8 Å². The summed E-state index contributed by atoms with van der Waals surface area (Å²) in [5, 5.41) is 0. The van der Waals surface area contributed by atoms with E-state index in [4.69, 9.17) is 28.4 Å². The van der Waals surface area contributed by atoms with E-state index in [2.05, 4.69) is 29.3 Å². The molecule has 0 radical (unpaired) electrons. The van der Waals surface area contributed by atoms with Crippen molar-refractivity contribution in [1.82, 2.24) is 0 Å². The van der Waals surface area contributed by atoms with Crippen molar-refractivity contribution in [3.05, 3.63) is 89.5 Å². The van der Waals surface area contributed by atoms with Crippen molar-refractivity contribution in [3.8, 4) is 17.2 Å². The molecule has 0 aliphatic rings. The maximum Gasteiger partial charge on any atom is 0.549 e. The van der Waals surface area contributed by atoms with E-state index in [1.165, 1.54) is 79.7 Å². The van der Waals surface area contributed by atoms with Gasteiger partial charge in [0.2, 0.25) is 0 Å². The maximum atomic E-state index is 12.3. The van der Waals surface area contributed by atoms with Crippen molar-refractivity contribution in [1.29, 1.82) is 0 Å². The highest BCUT2D eigenvalue weighted by Crippen LogP contribution is 2.21. The molecular formula is C38H42O18. The van der Waals surface area contributed by atoms with Gasteiger partial charge in [0.1, 0.15) is 37.1 Å². The van der Waals surface area contributed by atoms with Crippen LogP contribution < -0.4 is 14.2 Å². The van der Waals surface area contributed by atoms with E-state index < -0.39 is 61.6 Å². The summed E-state index contributed by atoms with van der Waals surface area (Å²) in [6, 6.07) is 17.4. The second kappa shape index (κ2) is 21.2. The van der Waals surface area contributed by atoms with Crippen molar-refractivity contribution in [3.63, 3.8) is 0 Å². The monoisotopic (exact) mass is 786 g/mol. The Labute approximate surface area is 321 Å². The van der Waals surface area contributed by atoms with Crippen molar-refractivity contribution < 1.29 is 86.5 Å². The molecular weight excluding hydrogens is 744 g/mol. The van der Waals surface area contributed by atoms with Crippen LogP contribution in [0.5, 0.6) is 17.2 Å². The predicted octanol–water partition coefficient (Wildman–Crippen LogP) is 7.13. The number of ether oxygens (including phenoxy) is 6. The fourth-order valence-electron chi connectivity index (χ4n) is 4.08. The lowest BCUT2D eigenvalue weighted by Gasteiger charge is -2.26. The minimum Gasteiger partial charge on any atom is -0.491 e. The van der Waals surface area contributed by atoms with Crippen LogP contribution in [0.25, 0.3) is 0 Å². The number of carbonyl (C=O) groups is 6. The average Bonchev–Trinajstić information content (AvgIpc) is 3.16. The molecule has 0 unspecified atom stereocenters. The van der Waals surface area contributed by atoms with Crippen LogP contribution in [-0.2, 0) is 43.5 Å². The van der Waals surface area contributed by atoms with Gasteiger partial charge in [0.25, 0.3) is 0 Å². The van der Waals surface area contributed by atoms with Gasteiger partial charge in [-0.3, -0.25) is 0 Å². The lowest BCUT2D eigenvalue weighted by Crippen LogP contribution is -2.37. The maximum absolute atomic E-state index is 12.3. The molecule has 18 nitrogen and oxygen atoms in total. The van der Waals surface area contributed by atoms with Crippen molar-refractivity contribution in [2.45, 2.75) is 66.8 Å². The molecule has 0 heterocycles. The highest BCUT2D eigenvalue weighted by Gasteiger charge is 2.33. The van der Waals surface area contributed by atoms with Crippen LogP contribution in [0.4, 0.5) is 14.4 Å². The van der Waals surface area contributed by atoms with Gasteiger partial charge >= 0.3 is 36.4 Å². The SMILES string of the molecule is CC(C)Oc1ccc(C(=O)OOC(=O)OCC(C)(COC(=O)OOC(=O)c2ccc(OC(C)C)cc2)COC(=O)OOC(=O)c2ccc(OC(C)C)cc2)cc1. The van der Waals surface area contributed by atoms with Gasteiger partial charge in [-0.1, -0.05) is 0 Å². The van der Waals surface area contributed by atoms with Crippen molar-refractivity contribution in [2.75, 3.05) is 19.8 Å². The van der Waals surface area contributed by atoms with Crippen LogP contribution in [0.1, 0.15) is 79.5 Å². The molecule has 0 aliphatic heterocycles. The van der Waals surface area contributed by atoms with E-state index >= 15 is 0 Å². The third-order valence-electron chi connectivity index (χ3n) is 6.56. The average molecular weight is 787 g/mol. The molecule has 0 atom stereocenters. The first-order chi connectivity index (χ1) is 26.5. The molecule has 3 rings (SSSR count). The Morgan fingerprint density at radius 2 is 0.643 bits per heavy atom. The molecule has 0 spiro atoms. The molecule has 56 heavy (non-hydrogen) atoms. The summed E-state index contributed by atoms with van der Waals surface area (Å²) in [6.07, 6.45) is -4.82. The van der Waals surface area contributed by atoms with Crippen LogP contribution in [-0.4, -0.2) is 74.5 Å². The first-order valence-corrected chi connectivity index (χ1v) is 17.0. The second-order valence-electron chi connectivity index (χ2n) is 12.9. The lowest BCUT2D eigenvalue weighted by molar-refractivity contribution is -0.216. The zero-order valence-electron chi connectivity index (χ0n) is 31.6. The van der Waals surface area contributed by atoms with E-state index in [1.807, 2.05) is 41.5 Å². The second-order valence-corrected chi connectivity index (χ2v) is 12.9. The van der Waals surface area contributed by atoms with E-state index in [0.717, 1.165) is 0 Å². The summed E-state index contributed by atoms with van der Waals surface area (Å²) in [5.41, 5.74) is -1.53. The normalized spacial score (nSPS) is 10.8. The first-order valence-electron chi connectivity index (χ1n) is 17.0. The smallest absolute Gasteiger partial charge is 0.491 e. The highest BCUT2D eigenvalue weighted by molar-refractivity contribution is 5.90. The van der Waals surface area contributed by atoms with E-state index in [-0.39, 0.29) is 35.0 Å². The highest BCUT2D eigenvalue weighted by atomic mass is 17.2. The molecule has 0 amide bonds. The summed E-state index contributed by atoms with van der Waals surface area (Å²) in [4.78, 5) is 101. The van der Waals surface area contributed by atoms with Gasteiger partial charge < -0.3 is 28.4 Å². The summed E-state index contributed by atoms with van der Waals surface area (Å²) in [5.74, 6) is -1.64. The Bertz CT molecular complexity index is 1560. The molecule has 0 N–H and O–H groups in total. The van der Waals surface area contributed by atoms with Crippen LogP contribution in [0.2, 0.25) is 0 Å². The van der Waals surface area contributed by atoms with Crippen molar-refractivity contribution in [2.24, 2.45) is 5.41 Å². The van der Waals surface area contributed by atoms with Gasteiger partial charge in [-0.15, -0.1) is 0 Å². The van der Waals surface area contributed by atoms with Gasteiger partial charge in [-0.05, 0) is 121 Å². The number of carbonyl (C=O) groups excluding carboxylic acids is 6. The Morgan fingerprint density at radius 1 is 0.411 bits per heavy atom. The standard InChI is InChI=1S/C38H42O18/c1-23(2)48-29-14-8-26(9-15-29)32(39)51-54-35(42)45-20-38(7,21-46-36(43)55-52-33(40)27-10-16-30(17-11-27)49-24(3)4)22-47-37(44)56-53-34(41)28-12-18-31(19-13-28)50-25(5)6/h8-19,23-25H,20-22H2,1-7H3. The molecule has 3 aromatic carbocycles. The van der Waals surface area contributed by atoms with Gasteiger partial charge in [-0.2, -0.15) is 14.4 Å². The fraction of sp³-hybridized carbons (Fsp3) is 0.368. The predicted molar refractivity (Wildman–Crippen MR) is 188 cm³/mol. The Morgan fingerprint density at radius 3 is 0.857 bits per heavy atom. The molecule has 0 aromatic heterocycles. The van der Waals surface area contributed by atoms with Gasteiger partial charge in [0.15, 0.2) is 0 Å². The van der Waals surface area contributed by atoms with Crippen LogP contribution in [0.3, 0.4) is 0 Å². The van der Waals surface area contributed by atoms with Crippen LogP contribution in [0, 0.1) is 5.41 Å². The van der Waals surface area contributed by atoms with E-state index in [0.29, 0.717) is 17.2 Å². The zero-order chi connectivity index (χ0) is 41.3. The Hall–Kier alpha value is -6.72. The number of benzene rings is 3. The Kier molecular flexibility index (Phi) is 16.6. The summed E-state index contributed by atoms with van der Waals surface area (Å²) >= 11 is 0. The third kappa shape index (κ3) is 15.7.